The van der Waals surface area contributed by atoms with E-state index in [0.717, 1.165) is 25.7 Å². The minimum absolute atomic E-state index is 0.0625. The van der Waals surface area contributed by atoms with Gasteiger partial charge in [-0.05, 0) is 25.0 Å². The van der Waals surface area contributed by atoms with Crippen molar-refractivity contribution in [2.75, 3.05) is 33.3 Å². The van der Waals surface area contributed by atoms with Crippen LogP contribution in [0.25, 0.3) is 0 Å². The van der Waals surface area contributed by atoms with Gasteiger partial charge in [-0.2, -0.15) is 0 Å². The average molecular weight is 387 g/mol. The van der Waals surface area contributed by atoms with Crippen molar-refractivity contribution in [1.29, 1.82) is 0 Å². The lowest BCUT2D eigenvalue weighted by molar-refractivity contribution is -0.149. The molecule has 28 heavy (non-hydrogen) atoms. The second-order valence-electron chi connectivity index (χ2n) is 7.65. The van der Waals surface area contributed by atoms with Gasteiger partial charge in [0.15, 0.2) is 0 Å². The molecule has 1 saturated carbocycles. The van der Waals surface area contributed by atoms with Gasteiger partial charge in [0.1, 0.15) is 5.75 Å². The summed E-state index contributed by atoms with van der Waals surface area (Å²) < 4.78 is 5.21. The van der Waals surface area contributed by atoms with Gasteiger partial charge in [0.05, 0.1) is 24.8 Å². The van der Waals surface area contributed by atoms with Gasteiger partial charge >= 0.3 is 0 Å². The number of carbonyl (C=O) groups excluding carboxylic acids is 3. The quantitative estimate of drug-likeness (QED) is 0.855. The average Bonchev–Trinajstić information content (AvgIpc) is 2.71. The van der Waals surface area contributed by atoms with E-state index in [9.17, 15) is 14.4 Å². The summed E-state index contributed by atoms with van der Waals surface area (Å²) in [5, 5.41) is 2.71. The molecular formula is C21H29N3O4. The van der Waals surface area contributed by atoms with Crippen LogP contribution >= 0.6 is 0 Å². The lowest BCUT2D eigenvalue weighted by Crippen LogP contribution is -2.65. The molecule has 0 aromatic heterocycles. The minimum Gasteiger partial charge on any atom is -0.496 e. The SMILES string of the molecule is COc1ccccc1C(=O)NCC(=O)N1CCN(C(C)=O)C2(CCCCC2)C1. The summed E-state index contributed by atoms with van der Waals surface area (Å²) in [6.45, 7) is 3.16. The Kier molecular flexibility index (Phi) is 6.21. The van der Waals surface area contributed by atoms with Crippen molar-refractivity contribution in [2.24, 2.45) is 0 Å². The monoisotopic (exact) mass is 387 g/mol. The van der Waals surface area contributed by atoms with Crippen molar-refractivity contribution in [3.8, 4) is 5.75 Å². The molecule has 1 saturated heterocycles. The largest absolute Gasteiger partial charge is 0.496 e. The molecule has 7 heteroatoms. The molecule has 0 unspecified atom stereocenters. The number of nitrogens with one attached hydrogen (secondary N) is 1. The number of piperazine rings is 1. The summed E-state index contributed by atoms with van der Waals surface area (Å²) in [5.74, 6) is 0.110. The summed E-state index contributed by atoms with van der Waals surface area (Å²) >= 11 is 0. The zero-order chi connectivity index (χ0) is 20.1. The third kappa shape index (κ3) is 4.13. The zero-order valence-corrected chi connectivity index (χ0v) is 16.7. The van der Waals surface area contributed by atoms with Crippen molar-refractivity contribution in [2.45, 2.75) is 44.6 Å². The van der Waals surface area contributed by atoms with E-state index in [-0.39, 0.29) is 29.8 Å². The van der Waals surface area contributed by atoms with Crippen LogP contribution in [0.3, 0.4) is 0 Å². The predicted octanol–water partition coefficient (Wildman–Crippen LogP) is 1.82. The van der Waals surface area contributed by atoms with Crippen LogP contribution in [-0.2, 0) is 9.59 Å². The summed E-state index contributed by atoms with van der Waals surface area (Å²) in [6.07, 6.45) is 5.21. The Morgan fingerprint density at radius 2 is 1.82 bits per heavy atom. The fourth-order valence-corrected chi connectivity index (χ4v) is 4.51. The van der Waals surface area contributed by atoms with Crippen LogP contribution in [0.2, 0.25) is 0 Å². The molecule has 3 amide bonds. The normalized spacial score (nSPS) is 18.6. The molecular weight excluding hydrogens is 358 g/mol. The molecule has 2 aliphatic rings. The third-order valence-electron chi connectivity index (χ3n) is 5.92. The van der Waals surface area contributed by atoms with Crippen molar-refractivity contribution in [3.63, 3.8) is 0 Å². The topological polar surface area (TPSA) is 79.0 Å². The Morgan fingerprint density at radius 1 is 1.11 bits per heavy atom. The van der Waals surface area contributed by atoms with Crippen LogP contribution in [0, 0.1) is 0 Å². The Hall–Kier alpha value is -2.57. The molecule has 1 N–H and O–H groups in total. The van der Waals surface area contributed by atoms with Crippen molar-refractivity contribution >= 4 is 17.7 Å². The van der Waals surface area contributed by atoms with Gasteiger partial charge in [-0.3, -0.25) is 14.4 Å². The fraction of sp³-hybridized carbons (Fsp3) is 0.571. The van der Waals surface area contributed by atoms with Crippen LogP contribution in [-0.4, -0.2) is 66.3 Å². The lowest BCUT2D eigenvalue weighted by atomic mass is 9.78. The number of amides is 3. The standard InChI is InChI=1S/C21H29N3O4/c1-16(25)24-13-12-23(15-21(24)10-6-3-7-11-21)19(26)14-22-20(27)17-8-4-5-9-18(17)28-2/h4-5,8-9H,3,6-7,10-15H2,1-2H3,(H,22,27). The summed E-state index contributed by atoms with van der Waals surface area (Å²) in [4.78, 5) is 41.1. The number of rotatable bonds is 4. The molecule has 1 aromatic carbocycles. The maximum Gasteiger partial charge on any atom is 0.255 e. The number of carbonyl (C=O) groups is 3. The number of ether oxygens (including phenoxy) is 1. The summed E-state index contributed by atoms with van der Waals surface area (Å²) in [5.41, 5.74) is 0.160. The number of para-hydroxylation sites is 1. The van der Waals surface area contributed by atoms with Crippen molar-refractivity contribution in [1.82, 2.24) is 15.1 Å². The molecule has 0 radical (unpaired) electrons. The first-order valence-electron chi connectivity index (χ1n) is 9.94. The predicted molar refractivity (Wildman–Crippen MR) is 105 cm³/mol. The highest BCUT2D eigenvalue weighted by molar-refractivity contribution is 5.98. The Morgan fingerprint density at radius 3 is 2.50 bits per heavy atom. The highest BCUT2D eigenvalue weighted by Gasteiger charge is 2.44. The molecule has 1 aliphatic heterocycles. The zero-order valence-electron chi connectivity index (χ0n) is 16.7. The first-order valence-corrected chi connectivity index (χ1v) is 9.94. The molecule has 3 rings (SSSR count). The van der Waals surface area contributed by atoms with Crippen LogP contribution in [0.5, 0.6) is 5.75 Å². The van der Waals surface area contributed by atoms with E-state index in [0.29, 0.717) is 30.9 Å². The summed E-state index contributed by atoms with van der Waals surface area (Å²) in [6, 6.07) is 6.93. The van der Waals surface area contributed by atoms with Crippen LogP contribution < -0.4 is 10.1 Å². The van der Waals surface area contributed by atoms with Gasteiger partial charge in [0, 0.05) is 26.6 Å². The highest BCUT2D eigenvalue weighted by atomic mass is 16.5. The minimum atomic E-state index is -0.333. The number of benzene rings is 1. The molecule has 1 aromatic rings. The first kappa shape index (κ1) is 20.2. The molecule has 1 heterocycles. The van der Waals surface area contributed by atoms with Gasteiger partial charge in [-0.15, -0.1) is 0 Å². The maximum atomic E-state index is 12.8. The fourth-order valence-electron chi connectivity index (χ4n) is 4.51. The number of hydrogen-bond acceptors (Lipinski definition) is 4. The maximum absolute atomic E-state index is 12.8. The molecule has 2 fully saturated rings. The molecule has 1 aliphatic carbocycles. The van der Waals surface area contributed by atoms with Gasteiger partial charge in [0.25, 0.3) is 5.91 Å². The van der Waals surface area contributed by atoms with Gasteiger partial charge in [-0.25, -0.2) is 0 Å². The summed E-state index contributed by atoms with van der Waals surface area (Å²) in [7, 11) is 1.51. The Balaban J connectivity index is 1.63. The lowest BCUT2D eigenvalue weighted by Gasteiger charge is -2.52. The van der Waals surface area contributed by atoms with E-state index in [4.69, 9.17) is 4.74 Å². The van der Waals surface area contributed by atoms with E-state index >= 15 is 0 Å². The molecule has 152 valence electrons. The van der Waals surface area contributed by atoms with Gasteiger partial charge < -0.3 is 19.9 Å². The van der Waals surface area contributed by atoms with Crippen LogP contribution in [0.1, 0.15) is 49.4 Å². The van der Waals surface area contributed by atoms with E-state index in [1.165, 1.54) is 13.5 Å². The van der Waals surface area contributed by atoms with E-state index < -0.39 is 0 Å². The Bertz CT molecular complexity index is 743. The number of nitrogens with zero attached hydrogens (tertiary/aromatic N) is 2. The Labute approximate surface area is 166 Å². The second-order valence-corrected chi connectivity index (χ2v) is 7.65. The molecule has 1 spiro atoms. The van der Waals surface area contributed by atoms with Crippen molar-refractivity contribution < 1.29 is 19.1 Å². The van der Waals surface area contributed by atoms with E-state index in [1.807, 2.05) is 4.90 Å². The molecule has 0 bridgehead atoms. The number of hydrogen-bond donors (Lipinski definition) is 1. The first-order chi connectivity index (χ1) is 13.5. The van der Waals surface area contributed by atoms with Gasteiger partial charge in [-0.1, -0.05) is 31.4 Å². The van der Waals surface area contributed by atoms with Crippen LogP contribution in [0.4, 0.5) is 0 Å². The molecule has 7 nitrogen and oxygen atoms in total. The van der Waals surface area contributed by atoms with Crippen LogP contribution in [0.15, 0.2) is 24.3 Å². The van der Waals surface area contributed by atoms with E-state index in [1.54, 1.807) is 36.1 Å². The number of methoxy groups -OCH3 is 1. The van der Waals surface area contributed by atoms with Gasteiger partial charge in [0.2, 0.25) is 11.8 Å². The second kappa shape index (κ2) is 8.63. The highest BCUT2D eigenvalue weighted by Crippen LogP contribution is 2.36. The van der Waals surface area contributed by atoms with Crippen molar-refractivity contribution in [3.05, 3.63) is 29.8 Å². The third-order valence-corrected chi connectivity index (χ3v) is 5.92. The van der Waals surface area contributed by atoms with E-state index in [2.05, 4.69) is 5.32 Å². The molecule has 0 atom stereocenters. The smallest absolute Gasteiger partial charge is 0.255 e.